The van der Waals surface area contributed by atoms with Gasteiger partial charge < -0.3 is 25.1 Å². The summed E-state index contributed by atoms with van der Waals surface area (Å²) in [4.78, 5) is 15.3. The number of phenolic OH excluding ortho intramolecular Hbond substituents is 2. The molecule has 0 saturated carbocycles. The minimum Gasteiger partial charge on any atom is -0.508 e. The Bertz CT molecular complexity index is 4910. The monoisotopic (exact) mass is 1170 g/mol. The molecule has 1 aliphatic carbocycles. The maximum Gasteiger partial charge on any atom is 0.336 e. The van der Waals surface area contributed by atoms with Gasteiger partial charge in [0.2, 0.25) is 0 Å². The number of aromatic hydroxyl groups is 2. The maximum absolute atomic E-state index is 14.2. The standard InChI is InChI=1S/C58H48N4O15S4/c1-29-19-31(3)56(61-78(67,68)41-17-13-35-21-39(63)15-11-36(35)22-41)33(5)54(29)59-38-14-18-43-49(24-38)77-50-28-48(52(81(74,75)76)27-47(50)53(43)44-9-7-8-10-51(44)80(71,72)73)60-55-30(2)20-32(4)57(34(55)6)62-79(69,70)42-23-37-12-16-40(64)25-45(37)46(26-42)58(65)66/h7-28,59,61-64H,1-6H3,(H,65,66)(H,71,72,73)(H,74,75,76)/b60-48-. The zero-order chi connectivity index (χ0) is 58.4. The van der Waals surface area contributed by atoms with Crippen LogP contribution in [0.5, 0.6) is 11.5 Å². The molecule has 0 bridgehead atoms. The van der Waals surface area contributed by atoms with Gasteiger partial charge in [0.1, 0.15) is 32.6 Å². The van der Waals surface area contributed by atoms with Gasteiger partial charge in [-0.1, -0.05) is 48.5 Å². The van der Waals surface area contributed by atoms with Crippen molar-refractivity contribution in [3.05, 3.63) is 178 Å². The Morgan fingerprint density at radius 3 is 1.78 bits per heavy atom. The Morgan fingerprint density at radius 2 is 1.10 bits per heavy atom. The van der Waals surface area contributed by atoms with E-state index in [1.54, 1.807) is 70.2 Å². The van der Waals surface area contributed by atoms with Gasteiger partial charge in [-0.3, -0.25) is 18.5 Å². The molecule has 8 aromatic carbocycles. The molecule has 8 N–H and O–H groups in total. The van der Waals surface area contributed by atoms with Crippen LogP contribution in [0.4, 0.5) is 28.4 Å². The number of nitrogens with one attached hydrogen (secondary N) is 3. The number of carbonyl (C=O) groups is 1. The molecule has 0 aromatic heterocycles. The van der Waals surface area contributed by atoms with Crippen LogP contribution < -0.4 is 20.1 Å². The summed E-state index contributed by atoms with van der Waals surface area (Å²) < 4.78 is 142. The molecule has 2 aliphatic rings. The van der Waals surface area contributed by atoms with E-state index in [-0.39, 0.29) is 77.5 Å². The molecule has 1 aliphatic heterocycles. The zero-order valence-corrected chi connectivity index (χ0v) is 46.9. The molecule has 0 saturated heterocycles. The number of hydrogen-bond donors (Lipinski definition) is 8. The van der Waals surface area contributed by atoms with Gasteiger partial charge in [-0.25, -0.2) is 26.6 Å². The number of anilines is 4. The number of benzene rings is 9. The number of phenols is 2. The van der Waals surface area contributed by atoms with E-state index in [4.69, 9.17) is 9.41 Å². The Balaban J connectivity index is 1.12. The number of nitrogens with zero attached hydrogens (tertiary/aromatic N) is 1. The van der Waals surface area contributed by atoms with Crippen LogP contribution in [-0.4, -0.2) is 64.1 Å². The largest absolute Gasteiger partial charge is 0.508 e. The number of rotatable bonds is 13. The number of aromatic carboxylic acids is 1. The van der Waals surface area contributed by atoms with E-state index < -0.39 is 71.9 Å². The quantitative estimate of drug-likeness (QED) is 0.0393. The van der Waals surface area contributed by atoms with Gasteiger partial charge in [0.15, 0.2) is 0 Å². The summed E-state index contributed by atoms with van der Waals surface area (Å²) in [5.74, 6) is -1.74. The SMILES string of the molecule is Cc1cc(C)c(NS(=O)(=O)c2cc(C(=O)O)c3cc(O)ccc3c2)c(C)c1/N=c1/cc2oc3cc(Nc4c(C)cc(C)c(NS(=O)(=O)c5ccc6cc(O)ccc6c5)c4C)ccc3c(-c3ccccc3S(=O)(=O)O)c-2cc1S(=O)(=O)O. The lowest BCUT2D eigenvalue weighted by molar-refractivity contribution is 0.0698. The molecule has 10 rings (SSSR count). The van der Waals surface area contributed by atoms with Crippen LogP contribution >= 0.6 is 0 Å². The lowest BCUT2D eigenvalue weighted by Crippen LogP contribution is -2.17. The van der Waals surface area contributed by atoms with Gasteiger partial charge in [-0.2, -0.15) is 16.8 Å². The summed E-state index contributed by atoms with van der Waals surface area (Å²) in [7, 11) is -18.9. The molecular formula is C58H48N4O15S4. The van der Waals surface area contributed by atoms with E-state index >= 15 is 0 Å². The maximum atomic E-state index is 14.2. The second kappa shape index (κ2) is 20.1. The molecule has 0 unspecified atom stereocenters. The van der Waals surface area contributed by atoms with Crippen molar-refractivity contribution in [3.8, 4) is 33.9 Å². The highest BCUT2D eigenvalue weighted by Gasteiger charge is 2.29. The molecular weight excluding hydrogens is 1120 g/mol. The summed E-state index contributed by atoms with van der Waals surface area (Å²) >= 11 is 0. The van der Waals surface area contributed by atoms with Gasteiger partial charge in [0.05, 0.1) is 37.8 Å². The third-order valence-electron chi connectivity index (χ3n) is 13.9. The molecule has 8 aromatic rings. The van der Waals surface area contributed by atoms with E-state index in [0.717, 1.165) is 23.8 Å². The van der Waals surface area contributed by atoms with Crippen molar-refractivity contribution in [2.24, 2.45) is 4.99 Å². The highest BCUT2D eigenvalue weighted by molar-refractivity contribution is 7.93. The molecule has 0 fully saturated rings. The molecule has 1 heterocycles. The number of carboxylic acids is 1. The van der Waals surface area contributed by atoms with Crippen LogP contribution in [-0.2, 0) is 40.3 Å². The minimum atomic E-state index is -5.21. The predicted octanol–water partition coefficient (Wildman–Crippen LogP) is 11.5. The first kappa shape index (κ1) is 55.5. The summed E-state index contributed by atoms with van der Waals surface area (Å²) in [6.07, 6.45) is 0. The minimum absolute atomic E-state index is 0.00657. The third-order valence-corrected chi connectivity index (χ3v) is 18.4. The fourth-order valence-corrected chi connectivity index (χ4v) is 14.0. The fraction of sp³-hybridized carbons (Fsp3) is 0.103. The van der Waals surface area contributed by atoms with Gasteiger partial charge in [0.25, 0.3) is 40.3 Å². The van der Waals surface area contributed by atoms with Gasteiger partial charge in [-0.05, 0) is 169 Å². The molecule has 414 valence electrons. The van der Waals surface area contributed by atoms with Crippen LogP contribution in [0.1, 0.15) is 43.7 Å². The molecule has 19 nitrogen and oxygen atoms in total. The third kappa shape index (κ3) is 10.5. The lowest BCUT2D eigenvalue weighted by Gasteiger charge is -2.21. The average Bonchev–Trinajstić information content (AvgIpc) is 3.44. The van der Waals surface area contributed by atoms with Crippen LogP contribution in [0.15, 0.2) is 162 Å². The lowest BCUT2D eigenvalue weighted by atomic mass is 9.93. The molecule has 23 heteroatoms. The highest BCUT2D eigenvalue weighted by atomic mass is 32.2. The van der Waals surface area contributed by atoms with Crippen molar-refractivity contribution in [2.75, 3.05) is 14.8 Å². The van der Waals surface area contributed by atoms with Gasteiger partial charge in [-0.15, -0.1) is 0 Å². The zero-order valence-electron chi connectivity index (χ0n) is 43.6. The van der Waals surface area contributed by atoms with Crippen LogP contribution in [0.3, 0.4) is 0 Å². The first-order chi connectivity index (χ1) is 38.0. The van der Waals surface area contributed by atoms with Crippen LogP contribution in [0.2, 0.25) is 0 Å². The highest BCUT2D eigenvalue weighted by Crippen LogP contribution is 2.45. The first-order valence-electron chi connectivity index (χ1n) is 24.4. The van der Waals surface area contributed by atoms with E-state index in [1.165, 1.54) is 79.7 Å². The van der Waals surface area contributed by atoms with Crippen molar-refractivity contribution in [3.63, 3.8) is 0 Å². The number of sulfonamides is 2. The summed E-state index contributed by atoms with van der Waals surface area (Å²) in [6, 6.07) is 31.0. The van der Waals surface area contributed by atoms with E-state index in [9.17, 15) is 62.9 Å². The van der Waals surface area contributed by atoms with Gasteiger partial charge in [0, 0.05) is 45.6 Å². The van der Waals surface area contributed by atoms with Gasteiger partial charge >= 0.3 is 5.97 Å². The van der Waals surface area contributed by atoms with Crippen LogP contribution in [0.25, 0.3) is 55.0 Å². The Kier molecular flexibility index (Phi) is 13.7. The Morgan fingerprint density at radius 1 is 0.519 bits per heavy atom. The summed E-state index contributed by atoms with van der Waals surface area (Å²) in [5, 5.41) is 34.7. The molecule has 0 spiro atoms. The number of carboxylic acid groups (broad SMARTS) is 1. The Hall–Kier alpha value is -8.84. The Labute approximate surface area is 464 Å². The topological polar surface area (TPSA) is 316 Å². The number of aryl methyl sites for hydroxylation is 4. The smallest absolute Gasteiger partial charge is 0.336 e. The molecule has 0 radical (unpaired) electrons. The van der Waals surface area contributed by atoms with E-state index in [1.807, 2.05) is 6.92 Å². The number of fused-ring (bicyclic) bond motifs is 4. The second-order valence-electron chi connectivity index (χ2n) is 19.5. The fourth-order valence-electron chi connectivity index (χ4n) is 10.2. The summed E-state index contributed by atoms with van der Waals surface area (Å²) in [6.45, 7) is 10.1. The van der Waals surface area contributed by atoms with E-state index in [0.29, 0.717) is 50.1 Å². The molecule has 0 atom stereocenters. The van der Waals surface area contributed by atoms with Crippen molar-refractivity contribution in [1.29, 1.82) is 0 Å². The van der Waals surface area contributed by atoms with Crippen molar-refractivity contribution >= 4 is 107 Å². The van der Waals surface area contributed by atoms with Crippen molar-refractivity contribution in [2.45, 2.75) is 61.1 Å². The van der Waals surface area contributed by atoms with Crippen LogP contribution in [0, 0.1) is 41.5 Å². The van der Waals surface area contributed by atoms with Crippen molar-refractivity contribution < 1.29 is 67.3 Å². The average molecular weight is 1170 g/mol. The van der Waals surface area contributed by atoms with Crippen molar-refractivity contribution in [1.82, 2.24) is 0 Å². The second-order valence-corrected chi connectivity index (χ2v) is 25.7. The molecule has 81 heavy (non-hydrogen) atoms. The first-order valence-corrected chi connectivity index (χ1v) is 30.2. The van der Waals surface area contributed by atoms with E-state index in [2.05, 4.69) is 14.8 Å². The predicted molar refractivity (Wildman–Crippen MR) is 308 cm³/mol. The number of hydrogen-bond acceptors (Lipinski definition) is 14. The molecule has 0 amide bonds. The normalized spacial score (nSPS) is 12.6. The summed E-state index contributed by atoms with van der Waals surface area (Å²) in [5.41, 5.74) is 3.76.